The van der Waals surface area contributed by atoms with E-state index < -0.39 is 23.9 Å². The Hall–Kier alpha value is -1.89. The number of carbonyl (C=O) groups excluding carboxylic acids is 1. The van der Waals surface area contributed by atoms with Gasteiger partial charge in [0.15, 0.2) is 0 Å². The zero-order chi connectivity index (χ0) is 14.4. The molecule has 0 aliphatic carbocycles. The fourth-order valence-corrected chi connectivity index (χ4v) is 1.63. The molecule has 1 atom stereocenters. The second-order valence-corrected chi connectivity index (χ2v) is 4.72. The fourth-order valence-electron chi connectivity index (χ4n) is 1.37. The number of amides is 1. The number of hydrogen-bond acceptors (Lipinski definition) is 3. The highest BCUT2D eigenvalue weighted by Crippen LogP contribution is 2.11. The summed E-state index contributed by atoms with van der Waals surface area (Å²) in [5.74, 6) is -2.92. The molecule has 19 heavy (non-hydrogen) atoms. The van der Waals surface area contributed by atoms with Gasteiger partial charge in [-0.2, -0.15) is 0 Å². The Morgan fingerprint density at radius 2 is 1.74 bits per heavy atom. The zero-order valence-electron chi connectivity index (χ0n) is 9.80. The van der Waals surface area contributed by atoms with Crippen molar-refractivity contribution >= 4 is 33.8 Å². The first kappa shape index (κ1) is 15.2. The predicted molar refractivity (Wildman–Crippen MR) is 69.9 cm³/mol. The van der Waals surface area contributed by atoms with Gasteiger partial charge in [-0.05, 0) is 30.7 Å². The first-order valence-corrected chi connectivity index (χ1v) is 6.20. The molecular weight excluding hydrogens is 318 g/mol. The number of benzene rings is 1. The smallest absolute Gasteiger partial charge is 0.326 e. The molecular formula is C12H12BrNO5. The molecule has 0 aromatic heterocycles. The third-order valence-corrected chi connectivity index (χ3v) is 2.89. The van der Waals surface area contributed by atoms with E-state index in [0.717, 1.165) is 4.47 Å². The SMILES string of the molecule is O=C(O)CCC(NC(=O)c1ccc(Br)cc1)C(=O)O. The van der Waals surface area contributed by atoms with Crippen molar-refractivity contribution in [2.24, 2.45) is 0 Å². The number of nitrogens with one attached hydrogen (secondary N) is 1. The van der Waals surface area contributed by atoms with Crippen molar-refractivity contribution in [3.63, 3.8) is 0 Å². The molecule has 0 spiro atoms. The number of rotatable bonds is 6. The number of carboxylic acids is 2. The maximum absolute atomic E-state index is 11.8. The second-order valence-electron chi connectivity index (χ2n) is 3.80. The first-order chi connectivity index (χ1) is 8.90. The molecule has 1 aromatic carbocycles. The van der Waals surface area contributed by atoms with Crippen LogP contribution in [0, 0.1) is 0 Å². The van der Waals surface area contributed by atoms with Crippen LogP contribution in [-0.4, -0.2) is 34.1 Å². The van der Waals surface area contributed by atoms with Gasteiger partial charge < -0.3 is 15.5 Å². The van der Waals surface area contributed by atoms with Gasteiger partial charge in [-0.1, -0.05) is 15.9 Å². The molecule has 0 fully saturated rings. The summed E-state index contributed by atoms with van der Waals surface area (Å²) in [7, 11) is 0. The van der Waals surface area contributed by atoms with Crippen LogP contribution in [0.5, 0.6) is 0 Å². The lowest BCUT2D eigenvalue weighted by Crippen LogP contribution is -2.41. The fraction of sp³-hybridized carbons (Fsp3) is 0.250. The van der Waals surface area contributed by atoms with Gasteiger partial charge in [-0.25, -0.2) is 4.79 Å². The minimum atomic E-state index is -1.26. The Bertz CT molecular complexity index is 485. The zero-order valence-corrected chi connectivity index (χ0v) is 11.4. The Kier molecular flexibility index (Phi) is 5.50. The lowest BCUT2D eigenvalue weighted by atomic mass is 10.1. The van der Waals surface area contributed by atoms with Gasteiger partial charge in [0, 0.05) is 16.5 Å². The number of aliphatic carboxylic acids is 2. The molecule has 1 unspecified atom stereocenters. The normalized spacial score (nSPS) is 11.6. The monoisotopic (exact) mass is 329 g/mol. The van der Waals surface area contributed by atoms with Crippen molar-refractivity contribution in [2.45, 2.75) is 18.9 Å². The van der Waals surface area contributed by atoms with Crippen LogP contribution in [0.2, 0.25) is 0 Å². The maximum atomic E-state index is 11.8. The summed E-state index contributed by atoms with van der Waals surface area (Å²) < 4.78 is 0.796. The molecule has 0 heterocycles. The van der Waals surface area contributed by atoms with Crippen molar-refractivity contribution in [1.82, 2.24) is 5.32 Å². The molecule has 0 saturated carbocycles. The molecule has 0 saturated heterocycles. The van der Waals surface area contributed by atoms with Gasteiger partial charge in [0.25, 0.3) is 5.91 Å². The Labute approximate surface area is 117 Å². The van der Waals surface area contributed by atoms with Gasteiger partial charge in [-0.15, -0.1) is 0 Å². The van der Waals surface area contributed by atoms with Crippen molar-refractivity contribution in [3.8, 4) is 0 Å². The highest BCUT2D eigenvalue weighted by atomic mass is 79.9. The van der Waals surface area contributed by atoms with Crippen molar-refractivity contribution in [2.75, 3.05) is 0 Å². The standard InChI is InChI=1S/C12H12BrNO5/c13-8-3-1-7(2-4-8)11(17)14-9(12(18)19)5-6-10(15)16/h1-4,9H,5-6H2,(H,14,17)(H,15,16)(H,18,19). The number of hydrogen-bond donors (Lipinski definition) is 3. The van der Waals surface area contributed by atoms with Crippen LogP contribution < -0.4 is 5.32 Å². The summed E-state index contributed by atoms with van der Waals surface area (Å²) in [5.41, 5.74) is 0.310. The van der Waals surface area contributed by atoms with Crippen LogP contribution >= 0.6 is 15.9 Å². The largest absolute Gasteiger partial charge is 0.481 e. The van der Waals surface area contributed by atoms with E-state index in [1.165, 1.54) is 12.1 Å². The summed E-state index contributed by atoms with van der Waals surface area (Å²) in [6.45, 7) is 0. The van der Waals surface area contributed by atoms with Crippen molar-refractivity contribution in [1.29, 1.82) is 0 Å². The van der Waals surface area contributed by atoms with Crippen LogP contribution in [0.15, 0.2) is 28.7 Å². The van der Waals surface area contributed by atoms with E-state index >= 15 is 0 Å². The highest BCUT2D eigenvalue weighted by Gasteiger charge is 2.21. The van der Waals surface area contributed by atoms with Crippen LogP contribution in [-0.2, 0) is 9.59 Å². The summed E-state index contributed by atoms with van der Waals surface area (Å²) in [4.78, 5) is 33.1. The summed E-state index contributed by atoms with van der Waals surface area (Å²) in [5, 5.41) is 19.7. The van der Waals surface area contributed by atoms with Crippen molar-refractivity contribution < 1.29 is 24.6 Å². The van der Waals surface area contributed by atoms with Crippen LogP contribution in [0.1, 0.15) is 23.2 Å². The lowest BCUT2D eigenvalue weighted by Gasteiger charge is -2.13. The predicted octanol–water partition coefficient (Wildman–Crippen LogP) is 1.50. The molecule has 0 radical (unpaired) electrons. The summed E-state index contributed by atoms with van der Waals surface area (Å²) in [6, 6.07) is 5.17. The summed E-state index contributed by atoms with van der Waals surface area (Å²) in [6.07, 6.45) is -0.482. The molecule has 6 nitrogen and oxygen atoms in total. The molecule has 3 N–H and O–H groups in total. The van der Waals surface area contributed by atoms with E-state index in [0.29, 0.717) is 5.56 Å². The van der Waals surface area contributed by atoms with E-state index in [1.54, 1.807) is 12.1 Å². The minimum Gasteiger partial charge on any atom is -0.481 e. The third kappa shape index (κ3) is 5.09. The van der Waals surface area contributed by atoms with Gasteiger partial charge >= 0.3 is 11.9 Å². The van der Waals surface area contributed by atoms with E-state index in [-0.39, 0.29) is 12.8 Å². The van der Waals surface area contributed by atoms with E-state index in [1.807, 2.05) is 0 Å². The average molecular weight is 330 g/mol. The van der Waals surface area contributed by atoms with Gasteiger partial charge in [0.1, 0.15) is 6.04 Å². The lowest BCUT2D eigenvalue weighted by molar-refractivity contribution is -0.140. The molecule has 102 valence electrons. The van der Waals surface area contributed by atoms with Crippen molar-refractivity contribution in [3.05, 3.63) is 34.3 Å². The average Bonchev–Trinajstić information content (AvgIpc) is 2.34. The first-order valence-electron chi connectivity index (χ1n) is 5.41. The Morgan fingerprint density at radius 3 is 2.21 bits per heavy atom. The molecule has 1 rings (SSSR count). The number of carboxylic acid groups (broad SMARTS) is 2. The Balaban J connectivity index is 2.68. The quantitative estimate of drug-likeness (QED) is 0.733. The highest BCUT2D eigenvalue weighted by molar-refractivity contribution is 9.10. The van der Waals surface area contributed by atoms with Crippen LogP contribution in [0.3, 0.4) is 0 Å². The third-order valence-electron chi connectivity index (χ3n) is 2.36. The summed E-state index contributed by atoms with van der Waals surface area (Å²) >= 11 is 3.22. The molecule has 1 amide bonds. The molecule has 0 aliphatic heterocycles. The molecule has 0 aliphatic rings. The van der Waals surface area contributed by atoms with E-state index in [2.05, 4.69) is 21.2 Å². The Morgan fingerprint density at radius 1 is 1.16 bits per heavy atom. The van der Waals surface area contributed by atoms with Crippen LogP contribution in [0.25, 0.3) is 0 Å². The van der Waals surface area contributed by atoms with Gasteiger partial charge in [0.2, 0.25) is 0 Å². The molecule has 1 aromatic rings. The topological polar surface area (TPSA) is 104 Å². The van der Waals surface area contributed by atoms with E-state index in [4.69, 9.17) is 10.2 Å². The maximum Gasteiger partial charge on any atom is 0.326 e. The molecule has 7 heteroatoms. The minimum absolute atomic E-state index is 0.160. The van der Waals surface area contributed by atoms with E-state index in [9.17, 15) is 14.4 Å². The molecule has 0 bridgehead atoms. The van der Waals surface area contributed by atoms with Crippen LogP contribution in [0.4, 0.5) is 0 Å². The van der Waals surface area contributed by atoms with Gasteiger partial charge in [0.05, 0.1) is 0 Å². The second kappa shape index (κ2) is 6.89. The number of halogens is 1. The number of carbonyl (C=O) groups is 3. The van der Waals surface area contributed by atoms with Gasteiger partial charge in [-0.3, -0.25) is 9.59 Å².